The monoisotopic (exact) mass is 496 g/mol. The first kappa shape index (κ1) is 26.2. The zero-order valence-electron chi connectivity index (χ0n) is 18.6. The van der Waals surface area contributed by atoms with Gasteiger partial charge in [0, 0.05) is 24.8 Å². The Morgan fingerprint density at radius 1 is 1.25 bits per heavy atom. The van der Waals surface area contributed by atoms with Gasteiger partial charge in [-0.25, -0.2) is 4.79 Å². The maximum Gasteiger partial charge on any atom is 0.534 e. The van der Waals surface area contributed by atoms with Crippen LogP contribution in [0.15, 0.2) is 11.6 Å². The van der Waals surface area contributed by atoms with Crippen LogP contribution in [0, 0.1) is 6.92 Å². The molecular weight excluding hydrogens is 469 g/mol. The van der Waals surface area contributed by atoms with Crippen molar-refractivity contribution in [2.45, 2.75) is 58.1 Å². The van der Waals surface area contributed by atoms with Crippen LogP contribution >= 0.6 is 0 Å². The molecule has 1 heterocycles. The summed E-state index contributed by atoms with van der Waals surface area (Å²) in [6.07, 6.45) is 1.37. The van der Waals surface area contributed by atoms with E-state index in [0.717, 1.165) is 0 Å². The van der Waals surface area contributed by atoms with Gasteiger partial charge in [-0.15, -0.1) is 0 Å². The van der Waals surface area contributed by atoms with Crippen molar-refractivity contribution in [1.29, 1.82) is 0 Å². The third-order valence-electron chi connectivity index (χ3n) is 4.90. The van der Waals surface area contributed by atoms with E-state index in [9.17, 15) is 31.5 Å². The van der Waals surface area contributed by atoms with Crippen LogP contribution in [0.3, 0.4) is 0 Å². The first-order chi connectivity index (χ1) is 14.6. The number of hydrogen-bond acceptors (Lipinski definition) is 7. The highest BCUT2D eigenvalue weighted by Crippen LogP contribution is 2.44. The topological polar surface area (TPSA) is 99.1 Å². The highest BCUT2D eigenvalue weighted by molar-refractivity contribution is 7.88. The SMILES string of the molecule is CC(=CCc1c(OS(=O)(=O)C(F)(F)F)c(C)c2c(c1OCC[Si](C)(C)C)C(=O)OC2)CO. The molecule has 0 aliphatic carbocycles. The molecule has 0 spiro atoms. The number of aliphatic hydroxyl groups excluding tert-OH is 1. The normalized spacial score (nSPS) is 14.9. The van der Waals surface area contributed by atoms with Crippen LogP contribution in [-0.2, 0) is 27.9 Å². The molecule has 0 radical (unpaired) electrons. The number of allylic oxidation sites excluding steroid dienone is 1. The molecule has 0 saturated carbocycles. The average molecular weight is 497 g/mol. The molecule has 0 aromatic heterocycles. The molecule has 1 aliphatic rings. The fourth-order valence-corrected chi connectivity index (χ4v) is 4.22. The molecule has 1 aromatic rings. The molecule has 0 fully saturated rings. The summed E-state index contributed by atoms with van der Waals surface area (Å²) in [5, 5.41) is 9.28. The number of rotatable bonds is 9. The van der Waals surface area contributed by atoms with Crippen molar-refractivity contribution >= 4 is 24.2 Å². The van der Waals surface area contributed by atoms with E-state index in [-0.39, 0.29) is 54.2 Å². The fourth-order valence-electron chi connectivity index (χ4n) is 2.96. The number of fused-ring (bicyclic) bond motifs is 1. The molecule has 0 bridgehead atoms. The number of benzene rings is 1. The first-order valence-corrected chi connectivity index (χ1v) is 15.0. The molecule has 1 N–H and O–H groups in total. The number of ether oxygens (including phenoxy) is 2. The van der Waals surface area contributed by atoms with E-state index < -0.39 is 35.4 Å². The molecule has 1 aliphatic heterocycles. The van der Waals surface area contributed by atoms with Crippen molar-refractivity contribution in [3.05, 3.63) is 33.9 Å². The number of carbonyl (C=O) groups is 1. The van der Waals surface area contributed by atoms with Crippen LogP contribution < -0.4 is 8.92 Å². The van der Waals surface area contributed by atoms with Crippen molar-refractivity contribution in [2.75, 3.05) is 13.2 Å². The van der Waals surface area contributed by atoms with Crippen LogP contribution in [0.25, 0.3) is 0 Å². The summed E-state index contributed by atoms with van der Waals surface area (Å²) in [6, 6.07) is 0.687. The Morgan fingerprint density at radius 2 is 1.88 bits per heavy atom. The number of esters is 1. The molecule has 0 amide bonds. The minimum absolute atomic E-state index is 0.0312. The van der Waals surface area contributed by atoms with Gasteiger partial charge >= 0.3 is 21.6 Å². The molecule has 32 heavy (non-hydrogen) atoms. The smallest absolute Gasteiger partial charge is 0.493 e. The van der Waals surface area contributed by atoms with Gasteiger partial charge in [0.05, 0.1) is 13.2 Å². The molecule has 1 aromatic carbocycles. The number of cyclic esters (lactones) is 1. The van der Waals surface area contributed by atoms with E-state index >= 15 is 0 Å². The second-order valence-corrected chi connectivity index (χ2v) is 15.9. The van der Waals surface area contributed by atoms with Gasteiger partial charge in [-0.05, 0) is 26.3 Å². The Kier molecular flexibility index (Phi) is 7.73. The third kappa shape index (κ3) is 5.84. The van der Waals surface area contributed by atoms with Crippen LogP contribution in [-0.4, -0.2) is 46.3 Å². The third-order valence-corrected chi connectivity index (χ3v) is 7.56. The minimum atomic E-state index is -5.98. The highest BCUT2D eigenvalue weighted by atomic mass is 32.2. The van der Waals surface area contributed by atoms with Crippen molar-refractivity contribution in [3.63, 3.8) is 0 Å². The van der Waals surface area contributed by atoms with Crippen molar-refractivity contribution in [1.82, 2.24) is 0 Å². The van der Waals surface area contributed by atoms with Gasteiger partial charge in [-0.1, -0.05) is 31.3 Å². The lowest BCUT2D eigenvalue weighted by Crippen LogP contribution is -2.29. The molecule has 2 rings (SSSR count). The number of carbonyl (C=O) groups excluding carboxylic acids is 1. The molecule has 180 valence electrons. The summed E-state index contributed by atoms with van der Waals surface area (Å²) >= 11 is 0. The van der Waals surface area contributed by atoms with Gasteiger partial charge in [0.25, 0.3) is 0 Å². The van der Waals surface area contributed by atoms with Crippen LogP contribution in [0.2, 0.25) is 25.7 Å². The Bertz CT molecular complexity index is 1030. The lowest BCUT2D eigenvalue weighted by atomic mass is 9.95. The van der Waals surface area contributed by atoms with Crippen molar-refractivity contribution in [2.24, 2.45) is 0 Å². The molecule has 12 heteroatoms. The van der Waals surface area contributed by atoms with E-state index in [2.05, 4.69) is 23.8 Å². The van der Waals surface area contributed by atoms with Crippen molar-refractivity contribution in [3.8, 4) is 11.5 Å². The van der Waals surface area contributed by atoms with E-state index in [0.29, 0.717) is 11.6 Å². The van der Waals surface area contributed by atoms with Gasteiger partial charge in [-0.3, -0.25) is 0 Å². The Labute approximate surface area is 186 Å². The largest absolute Gasteiger partial charge is 0.534 e. The molecule has 7 nitrogen and oxygen atoms in total. The average Bonchev–Trinajstić information content (AvgIpc) is 3.03. The summed E-state index contributed by atoms with van der Waals surface area (Å²) in [5.74, 6) is -1.31. The van der Waals surface area contributed by atoms with Gasteiger partial charge in [0.1, 0.15) is 17.9 Å². The summed E-state index contributed by atoms with van der Waals surface area (Å²) in [7, 11) is -7.54. The maximum atomic E-state index is 13.1. The number of alkyl halides is 3. The second kappa shape index (κ2) is 9.44. The fraction of sp³-hybridized carbons (Fsp3) is 0.550. The zero-order valence-corrected chi connectivity index (χ0v) is 20.4. The van der Waals surface area contributed by atoms with Gasteiger partial charge < -0.3 is 18.8 Å². The summed E-state index contributed by atoms with van der Waals surface area (Å²) < 4.78 is 78.3. The zero-order chi connectivity index (χ0) is 24.5. The number of aliphatic hydroxyl groups is 1. The Hall–Kier alpha value is -2.05. The van der Waals surface area contributed by atoms with Gasteiger partial charge in [0.15, 0.2) is 5.75 Å². The predicted octanol–water partition coefficient (Wildman–Crippen LogP) is 4.09. The number of hydrogen-bond donors (Lipinski definition) is 1. The number of halogens is 3. The minimum Gasteiger partial charge on any atom is -0.493 e. The van der Waals surface area contributed by atoms with E-state index in [1.54, 1.807) is 6.92 Å². The molecule has 0 saturated heterocycles. The van der Waals surface area contributed by atoms with E-state index in [1.807, 2.05) is 0 Å². The Balaban J connectivity index is 2.73. The summed E-state index contributed by atoms with van der Waals surface area (Å²) in [4.78, 5) is 12.4. The molecule has 0 atom stereocenters. The first-order valence-electron chi connectivity index (χ1n) is 9.84. The van der Waals surface area contributed by atoms with Gasteiger partial charge in [0.2, 0.25) is 0 Å². The van der Waals surface area contributed by atoms with Crippen LogP contribution in [0.4, 0.5) is 13.2 Å². The van der Waals surface area contributed by atoms with E-state index in [1.165, 1.54) is 13.0 Å². The van der Waals surface area contributed by atoms with Crippen molar-refractivity contribution < 1.29 is 45.1 Å². The molecule has 0 unspecified atom stereocenters. The predicted molar refractivity (Wildman–Crippen MR) is 114 cm³/mol. The van der Waals surface area contributed by atoms with Gasteiger partial charge in [-0.2, -0.15) is 21.6 Å². The Morgan fingerprint density at radius 3 is 2.41 bits per heavy atom. The van der Waals surface area contributed by atoms with Crippen LogP contribution in [0.5, 0.6) is 11.5 Å². The van der Waals surface area contributed by atoms with E-state index in [4.69, 9.17) is 9.47 Å². The van der Waals surface area contributed by atoms with Crippen LogP contribution in [0.1, 0.15) is 34.0 Å². The lowest BCUT2D eigenvalue weighted by molar-refractivity contribution is -0.0500. The maximum absolute atomic E-state index is 13.1. The molecular formula is C20H27F3O7SSi. The highest BCUT2D eigenvalue weighted by Gasteiger charge is 2.49. The second-order valence-electron chi connectivity index (χ2n) is 8.75. The standard InChI is InChI=1S/C20H27F3O7SSi/c1-12(10-24)6-7-14-17(30-31(26,27)20(21,22)23)13(2)15-11-29-19(25)16(15)18(14)28-8-9-32(3,4)5/h6,24H,7-11H2,1-5H3. The lowest BCUT2D eigenvalue weighted by Gasteiger charge is -2.22. The quantitative estimate of drug-likeness (QED) is 0.181. The summed E-state index contributed by atoms with van der Waals surface area (Å²) in [6.45, 7) is 8.88. The summed E-state index contributed by atoms with van der Waals surface area (Å²) in [5.41, 5.74) is -4.87.